The molecule has 1 heterocycles. The Hall–Kier alpha value is -3.60. The van der Waals surface area contributed by atoms with Gasteiger partial charge in [-0.3, -0.25) is 4.79 Å². The summed E-state index contributed by atoms with van der Waals surface area (Å²) in [6.07, 6.45) is 3.12. The predicted molar refractivity (Wildman–Crippen MR) is 99.8 cm³/mol. The number of hydrogen-bond acceptors (Lipinski definition) is 7. The second kappa shape index (κ2) is 8.67. The molecule has 8 heteroatoms. The van der Waals surface area contributed by atoms with Gasteiger partial charge < -0.3 is 14.4 Å². The topological polar surface area (TPSA) is 97.4 Å². The van der Waals surface area contributed by atoms with Gasteiger partial charge in [-0.05, 0) is 43.5 Å². The minimum Gasteiger partial charge on any atom is -0.497 e. The minimum absolute atomic E-state index is 0.109. The van der Waals surface area contributed by atoms with Crippen LogP contribution in [0.3, 0.4) is 0 Å². The zero-order valence-electron chi connectivity index (χ0n) is 15.6. The van der Waals surface area contributed by atoms with E-state index in [0.717, 1.165) is 4.68 Å². The average Bonchev–Trinajstić information content (AvgIpc) is 2.66. The highest BCUT2D eigenvalue weighted by atomic mass is 16.5. The standard InChI is InChI=1S/C19H20N4O4/c1-5-27-19(25)17-15(10-11-22(2)3)16(12-20)18(24)23(21-17)13-6-8-14(26-4)9-7-13/h6-11H,5H2,1-4H3/b11-10+. The Kier molecular flexibility index (Phi) is 6.33. The number of esters is 1. The minimum atomic E-state index is -0.713. The molecular formula is C19H20N4O4. The molecule has 27 heavy (non-hydrogen) atoms. The van der Waals surface area contributed by atoms with Crippen molar-refractivity contribution in [3.05, 3.63) is 57.6 Å². The van der Waals surface area contributed by atoms with E-state index in [1.54, 1.807) is 56.4 Å². The van der Waals surface area contributed by atoms with Crippen molar-refractivity contribution in [1.29, 1.82) is 5.26 Å². The summed E-state index contributed by atoms with van der Waals surface area (Å²) < 4.78 is 11.2. The third kappa shape index (κ3) is 4.33. The lowest BCUT2D eigenvalue weighted by Crippen LogP contribution is -2.29. The van der Waals surface area contributed by atoms with E-state index < -0.39 is 11.5 Å². The lowest BCUT2D eigenvalue weighted by atomic mass is 10.1. The lowest BCUT2D eigenvalue weighted by molar-refractivity contribution is 0.0516. The fourth-order valence-corrected chi connectivity index (χ4v) is 2.28. The van der Waals surface area contributed by atoms with Gasteiger partial charge in [-0.2, -0.15) is 15.0 Å². The first-order valence-corrected chi connectivity index (χ1v) is 8.16. The summed E-state index contributed by atoms with van der Waals surface area (Å²) in [5.41, 5.74) is -0.414. The van der Waals surface area contributed by atoms with E-state index in [1.165, 1.54) is 13.2 Å². The van der Waals surface area contributed by atoms with Crippen molar-refractivity contribution in [2.75, 3.05) is 27.8 Å². The Morgan fingerprint density at radius 1 is 1.33 bits per heavy atom. The zero-order valence-corrected chi connectivity index (χ0v) is 15.6. The zero-order chi connectivity index (χ0) is 20.0. The number of benzene rings is 1. The van der Waals surface area contributed by atoms with Crippen LogP contribution in [0.15, 0.2) is 35.3 Å². The summed E-state index contributed by atoms with van der Waals surface area (Å²) in [4.78, 5) is 26.9. The van der Waals surface area contributed by atoms with Gasteiger partial charge in [-0.25, -0.2) is 4.79 Å². The Labute approximate surface area is 156 Å². The van der Waals surface area contributed by atoms with Gasteiger partial charge in [0, 0.05) is 19.7 Å². The van der Waals surface area contributed by atoms with Crippen molar-refractivity contribution in [2.24, 2.45) is 0 Å². The molecule has 1 aromatic carbocycles. The Bertz CT molecular complexity index is 953. The Morgan fingerprint density at radius 2 is 2.00 bits per heavy atom. The van der Waals surface area contributed by atoms with Gasteiger partial charge in [0.15, 0.2) is 5.69 Å². The van der Waals surface area contributed by atoms with Crippen LogP contribution in [0, 0.1) is 11.3 Å². The van der Waals surface area contributed by atoms with Crippen molar-refractivity contribution in [2.45, 2.75) is 6.92 Å². The first-order valence-electron chi connectivity index (χ1n) is 8.16. The van der Waals surface area contributed by atoms with Crippen LogP contribution in [-0.4, -0.2) is 48.5 Å². The van der Waals surface area contributed by atoms with E-state index in [2.05, 4.69) is 5.10 Å². The molecule has 8 nitrogen and oxygen atoms in total. The van der Waals surface area contributed by atoms with E-state index in [9.17, 15) is 14.9 Å². The molecule has 0 amide bonds. The SMILES string of the molecule is CCOC(=O)c1nn(-c2ccc(OC)cc2)c(=O)c(C#N)c1/C=C/N(C)C. The number of carbonyl (C=O) groups excluding carboxylic acids is 1. The summed E-state index contributed by atoms with van der Waals surface area (Å²) in [5, 5.41) is 13.7. The molecule has 0 aliphatic heterocycles. The molecule has 0 unspecified atom stereocenters. The molecule has 140 valence electrons. The Morgan fingerprint density at radius 3 is 2.52 bits per heavy atom. The van der Waals surface area contributed by atoms with Crippen molar-refractivity contribution in [1.82, 2.24) is 14.7 Å². The highest BCUT2D eigenvalue weighted by molar-refractivity contribution is 5.92. The van der Waals surface area contributed by atoms with Crippen LogP contribution in [-0.2, 0) is 4.74 Å². The molecule has 0 saturated heterocycles. The van der Waals surface area contributed by atoms with Crippen molar-refractivity contribution < 1.29 is 14.3 Å². The van der Waals surface area contributed by atoms with Crippen molar-refractivity contribution >= 4 is 12.0 Å². The molecule has 2 aromatic rings. The molecule has 0 saturated carbocycles. The van der Waals surface area contributed by atoms with Crippen molar-refractivity contribution in [3.8, 4) is 17.5 Å². The molecule has 0 fully saturated rings. The number of rotatable bonds is 6. The summed E-state index contributed by atoms with van der Waals surface area (Å²) in [7, 11) is 5.08. The second-order valence-corrected chi connectivity index (χ2v) is 5.66. The van der Waals surface area contributed by atoms with Crippen LogP contribution in [0.1, 0.15) is 28.5 Å². The summed E-state index contributed by atoms with van der Waals surface area (Å²) in [5.74, 6) is -0.113. The fourth-order valence-electron chi connectivity index (χ4n) is 2.28. The predicted octanol–water partition coefficient (Wildman–Crippen LogP) is 1.82. The van der Waals surface area contributed by atoms with Crippen LogP contribution in [0.2, 0.25) is 0 Å². The third-order valence-electron chi connectivity index (χ3n) is 3.57. The van der Waals surface area contributed by atoms with Gasteiger partial charge in [-0.15, -0.1) is 0 Å². The molecule has 1 aromatic heterocycles. The van der Waals surface area contributed by atoms with E-state index in [1.807, 2.05) is 6.07 Å². The summed E-state index contributed by atoms with van der Waals surface area (Å²) >= 11 is 0. The maximum atomic E-state index is 12.8. The second-order valence-electron chi connectivity index (χ2n) is 5.66. The van der Waals surface area contributed by atoms with E-state index >= 15 is 0 Å². The molecule has 0 aliphatic rings. The van der Waals surface area contributed by atoms with Crippen molar-refractivity contribution in [3.63, 3.8) is 0 Å². The Balaban J connectivity index is 2.76. The normalized spacial score (nSPS) is 10.5. The first-order chi connectivity index (χ1) is 12.9. The van der Waals surface area contributed by atoms with Gasteiger partial charge >= 0.3 is 5.97 Å². The van der Waals surface area contributed by atoms with Gasteiger partial charge in [0.2, 0.25) is 0 Å². The highest BCUT2D eigenvalue weighted by Crippen LogP contribution is 2.17. The smallest absolute Gasteiger partial charge is 0.359 e. The lowest BCUT2D eigenvalue weighted by Gasteiger charge is -2.12. The molecule has 0 aliphatic carbocycles. The van der Waals surface area contributed by atoms with Crippen LogP contribution in [0.25, 0.3) is 11.8 Å². The summed E-state index contributed by atoms with van der Waals surface area (Å²) in [6, 6.07) is 8.41. The number of methoxy groups -OCH3 is 1. The molecule has 0 bridgehead atoms. The number of aromatic nitrogens is 2. The van der Waals surface area contributed by atoms with E-state index in [4.69, 9.17) is 9.47 Å². The third-order valence-corrected chi connectivity index (χ3v) is 3.57. The monoisotopic (exact) mass is 368 g/mol. The molecule has 0 spiro atoms. The summed E-state index contributed by atoms with van der Waals surface area (Å²) in [6.45, 7) is 1.80. The van der Waals surface area contributed by atoms with Crippen LogP contribution in [0.5, 0.6) is 5.75 Å². The van der Waals surface area contributed by atoms with Gasteiger partial charge in [0.05, 0.1) is 19.4 Å². The maximum Gasteiger partial charge on any atom is 0.359 e. The molecule has 2 rings (SSSR count). The average molecular weight is 368 g/mol. The highest BCUT2D eigenvalue weighted by Gasteiger charge is 2.22. The number of nitriles is 1. The van der Waals surface area contributed by atoms with Gasteiger partial charge in [-0.1, -0.05) is 0 Å². The van der Waals surface area contributed by atoms with Gasteiger partial charge in [0.1, 0.15) is 17.4 Å². The quantitative estimate of drug-likeness (QED) is 0.717. The van der Waals surface area contributed by atoms with Crippen LogP contribution >= 0.6 is 0 Å². The maximum absolute atomic E-state index is 12.8. The number of hydrogen-bond donors (Lipinski definition) is 0. The number of carbonyl (C=O) groups is 1. The number of nitrogens with zero attached hydrogens (tertiary/aromatic N) is 4. The van der Waals surface area contributed by atoms with E-state index in [-0.39, 0.29) is 23.4 Å². The van der Waals surface area contributed by atoms with Crippen LogP contribution in [0.4, 0.5) is 0 Å². The molecule has 0 radical (unpaired) electrons. The van der Waals surface area contributed by atoms with Crippen LogP contribution < -0.4 is 10.3 Å². The van der Waals surface area contributed by atoms with Gasteiger partial charge in [0.25, 0.3) is 5.56 Å². The fraction of sp³-hybridized carbons (Fsp3) is 0.263. The number of ether oxygens (including phenoxy) is 2. The van der Waals surface area contributed by atoms with E-state index in [0.29, 0.717) is 11.4 Å². The molecular weight excluding hydrogens is 348 g/mol. The molecule has 0 N–H and O–H groups in total. The largest absolute Gasteiger partial charge is 0.497 e. The first kappa shape index (κ1) is 19.7. The molecule has 0 atom stereocenters.